The number of primary amides is 1. The molecule has 1 heterocycles. The molecule has 0 aliphatic carbocycles. The largest absolute Gasteiger partial charge is 0.504 e. The number of phenolic OH excluding ortho intramolecular Hbond substituents is 1. The molecule has 26 heavy (non-hydrogen) atoms. The highest BCUT2D eigenvalue weighted by molar-refractivity contribution is 6.30. The van der Waals surface area contributed by atoms with Crippen LogP contribution < -0.4 is 10.5 Å². The third-order valence-corrected chi connectivity index (χ3v) is 3.81. The molecule has 3 rings (SSSR count). The van der Waals surface area contributed by atoms with Crippen LogP contribution in [0.2, 0.25) is 5.15 Å². The van der Waals surface area contributed by atoms with Crippen molar-refractivity contribution in [3.63, 3.8) is 0 Å². The molecule has 3 aromatic rings. The fourth-order valence-corrected chi connectivity index (χ4v) is 2.42. The lowest BCUT2D eigenvalue weighted by Gasteiger charge is -2.10. The van der Waals surface area contributed by atoms with Gasteiger partial charge in [-0.3, -0.25) is 9.78 Å². The Morgan fingerprint density at radius 3 is 2.69 bits per heavy atom. The van der Waals surface area contributed by atoms with Crippen LogP contribution >= 0.6 is 11.6 Å². The molecule has 0 aliphatic heterocycles. The summed E-state index contributed by atoms with van der Waals surface area (Å²) < 4.78 is 5.68. The third kappa shape index (κ3) is 4.29. The van der Waals surface area contributed by atoms with Gasteiger partial charge in [-0.1, -0.05) is 48.0 Å². The fourth-order valence-electron chi connectivity index (χ4n) is 2.22. The molecule has 0 saturated carbocycles. The summed E-state index contributed by atoms with van der Waals surface area (Å²) in [5.74, 6) is -0.341. The number of nitrogens with two attached hydrogens (primary N) is 1. The van der Waals surface area contributed by atoms with Crippen molar-refractivity contribution in [2.45, 2.75) is 6.61 Å². The highest BCUT2D eigenvalue weighted by atomic mass is 35.5. The molecule has 0 fully saturated rings. The van der Waals surface area contributed by atoms with E-state index in [9.17, 15) is 9.90 Å². The average Bonchev–Trinajstić information content (AvgIpc) is 2.64. The quantitative estimate of drug-likeness (QED) is 0.696. The van der Waals surface area contributed by atoms with E-state index in [1.54, 1.807) is 18.6 Å². The highest BCUT2D eigenvalue weighted by Crippen LogP contribution is 2.29. The van der Waals surface area contributed by atoms with Crippen molar-refractivity contribution in [3.8, 4) is 11.5 Å². The molecule has 7 heteroatoms. The second kappa shape index (κ2) is 7.84. The Morgan fingerprint density at radius 1 is 1.23 bits per heavy atom. The number of carbonyl (C=O) groups is 1. The number of phenols is 1. The van der Waals surface area contributed by atoms with Gasteiger partial charge in [-0.2, -0.15) is 0 Å². The van der Waals surface area contributed by atoms with Gasteiger partial charge in [-0.15, -0.1) is 0 Å². The lowest BCUT2D eigenvalue weighted by Crippen LogP contribution is -2.14. The zero-order valence-electron chi connectivity index (χ0n) is 13.6. The van der Waals surface area contributed by atoms with Crippen molar-refractivity contribution in [1.82, 2.24) is 9.97 Å². The second-order valence-corrected chi connectivity index (χ2v) is 5.80. The van der Waals surface area contributed by atoms with Crippen molar-refractivity contribution in [1.29, 1.82) is 0 Å². The van der Waals surface area contributed by atoms with Crippen molar-refractivity contribution < 1.29 is 14.6 Å². The first-order chi connectivity index (χ1) is 12.5. The standard InChI is InChI=1S/C19H15ClN3O3/c20-18-14(22-10-15(23-18)19(21)25)8-13-6-7-16(24)17(9-13)26-11-12-4-2-1-3-5-12/h1-10,24H,11H2,(H2,21,25). The van der Waals surface area contributed by atoms with E-state index < -0.39 is 5.91 Å². The van der Waals surface area contributed by atoms with Crippen molar-refractivity contribution in [2.75, 3.05) is 0 Å². The van der Waals surface area contributed by atoms with E-state index in [1.807, 2.05) is 30.3 Å². The first-order valence-electron chi connectivity index (χ1n) is 7.70. The number of amides is 1. The normalized spacial score (nSPS) is 10.5. The van der Waals surface area contributed by atoms with Crippen molar-refractivity contribution in [2.24, 2.45) is 5.73 Å². The maximum absolute atomic E-state index is 11.1. The predicted molar refractivity (Wildman–Crippen MR) is 96.9 cm³/mol. The maximum atomic E-state index is 11.1. The summed E-state index contributed by atoms with van der Waals surface area (Å²) in [5.41, 5.74) is 7.20. The molecule has 3 N–H and O–H groups in total. The van der Waals surface area contributed by atoms with E-state index in [-0.39, 0.29) is 16.6 Å². The van der Waals surface area contributed by atoms with Gasteiger partial charge in [0.1, 0.15) is 12.3 Å². The number of halogens is 1. The number of nitrogens with zero attached hydrogens (tertiary/aromatic N) is 2. The minimum Gasteiger partial charge on any atom is -0.504 e. The zero-order chi connectivity index (χ0) is 18.5. The molecule has 0 bridgehead atoms. The van der Waals surface area contributed by atoms with Gasteiger partial charge in [0.25, 0.3) is 5.91 Å². The maximum Gasteiger partial charge on any atom is 0.268 e. The Balaban J connectivity index is 1.76. The van der Waals surface area contributed by atoms with Crippen LogP contribution in [0.5, 0.6) is 11.5 Å². The van der Waals surface area contributed by atoms with Crippen LogP contribution in [0.1, 0.15) is 27.3 Å². The molecule has 0 unspecified atom stereocenters. The van der Waals surface area contributed by atoms with Crippen LogP contribution in [-0.4, -0.2) is 21.0 Å². The van der Waals surface area contributed by atoms with Gasteiger partial charge in [-0.25, -0.2) is 4.98 Å². The van der Waals surface area contributed by atoms with E-state index in [0.717, 1.165) is 5.56 Å². The Morgan fingerprint density at radius 2 is 2.00 bits per heavy atom. The fraction of sp³-hybridized carbons (Fsp3) is 0.0526. The van der Waals surface area contributed by atoms with Crippen LogP contribution in [0, 0.1) is 6.42 Å². The molecule has 0 aliphatic rings. The molecule has 1 aromatic heterocycles. The summed E-state index contributed by atoms with van der Waals surface area (Å²) in [6.45, 7) is 0.325. The lowest BCUT2D eigenvalue weighted by molar-refractivity contribution is 0.0995. The number of hydrogen-bond donors (Lipinski definition) is 2. The Bertz CT molecular complexity index is 933. The summed E-state index contributed by atoms with van der Waals surface area (Å²) in [6, 6.07) is 14.5. The molecule has 1 amide bonds. The van der Waals surface area contributed by atoms with Crippen molar-refractivity contribution in [3.05, 3.63) is 88.8 Å². The van der Waals surface area contributed by atoms with Crippen LogP contribution in [0.3, 0.4) is 0 Å². The zero-order valence-corrected chi connectivity index (χ0v) is 14.3. The van der Waals surface area contributed by atoms with Gasteiger partial charge in [0.15, 0.2) is 16.7 Å². The minimum atomic E-state index is -0.702. The molecular formula is C19H15ClN3O3. The SMILES string of the molecule is NC(=O)c1cnc([CH]c2ccc(O)c(OCc3ccccc3)c2)c(Cl)n1. The number of aromatic nitrogens is 2. The topological polar surface area (TPSA) is 98.3 Å². The van der Waals surface area contributed by atoms with E-state index in [1.165, 1.54) is 12.3 Å². The van der Waals surface area contributed by atoms with Gasteiger partial charge in [0, 0.05) is 6.42 Å². The Hall–Kier alpha value is -3.12. The molecule has 1 radical (unpaired) electrons. The van der Waals surface area contributed by atoms with E-state index >= 15 is 0 Å². The molecule has 6 nitrogen and oxygen atoms in total. The van der Waals surface area contributed by atoms with Gasteiger partial charge in [0.2, 0.25) is 0 Å². The summed E-state index contributed by atoms with van der Waals surface area (Å²) in [7, 11) is 0. The molecule has 0 spiro atoms. The molecule has 131 valence electrons. The first-order valence-corrected chi connectivity index (χ1v) is 8.07. The van der Waals surface area contributed by atoms with Crippen LogP contribution in [0.25, 0.3) is 0 Å². The molecule has 0 atom stereocenters. The summed E-state index contributed by atoms with van der Waals surface area (Å²) >= 11 is 6.04. The highest BCUT2D eigenvalue weighted by Gasteiger charge is 2.12. The van der Waals surface area contributed by atoms with E-state index in [2.05, 4.69) is 9.97 Å². The van der Waals surface area contributed by atoms with Crippen molar-refractivity contribution >= 4 is 17.5 Å². The number of ether oxygens (including phenoxy) is 1. The first kappa shape index (κ1) is 17.7. The summed E-state index contributed by atoms with van der Waals surface area (Å²) in [4.78, 5) is 19.1. The van der Waals surface area contributed by atoms with Gasteiger partial charge in [-0.05, 0) is 23.3 Å². The number of carbonyl (C=O) groups excluding carboxylic acids is 1. The molecule has 2 aromatic carbocycles. The van der Waals surface area contributed by atoms with E-state index in [0.29, 0.717) is 23.6 Å². The number of rotatable bonds is 6. The minimum absolute atomic E-state index is 0.00950. The predicted octanol–water partition coefficient (Wildman–Crippen LogP) is 3.11. The molecular weight excluding hydrogens is 354 g/mol. The smallest absolute Gasteiger partial charge is 0.268 e. The van der Waals surface area contributed by atoms with Gasteiger partial charge in [0.05, 0.1) is 11.9 Å². The Labute approximate surface area is 155 Å². The summed E-state index contributed by atoms with van der Waals surface area (Å²) in [6.07, 6.45) is 2.92. The monoisotopic (exact) mass is 368 g/mol. The van der Waals surface area contributed by atoms with Crippen LogP contribution in [0.15, 0.2) is 54.7 Å². The van der Waals surface area contributed by atoms with Crippen LogP contribution in [0.4, 0.5) is 0 Å². The van der Waals surface area contributed by atoms with Gasteiger partial charge < -0.3 is 15.6 Å². The van der Waals surface area contributed by atoms with E-state index in [4.69, 9.17) is 22.1 Å². The third-order valence-electron chi connectivity index (χ3n) is 3.53. The number of benzene rings is 2. The summed E-state index contributed by atoms with van der Waals surface area (Å²) in [5, 5.41) is 10.0. The number of aromatic hydroxyl groups is 1. The average molecular weight is 369 g/mol. The molecule has 0 saturated heterocycles. The number of hydrogen-bond acceptors (Lipinski definition) is 5. The second-order valence-electron chi connectivity index (χ2n) is 5.44. The Kier molecular flexibility index (Phi) is 5.34. The van der Waals surface area contributed by atoms with Gasteiger partial charge >= 0.3 is 0 Å². The lowest BCUT2D eigenvalue weighted by atomic mass is 10.1. The van der Waals surface area contributed by atoms with Crippen LogP contribution in [-0.2, 0) is 6.61 Å².